The number of ether oxygens (including phenoxy) is 1. The van der Waals surface area contributed by atoms with Crippen LogP contribution in [0.3, 0.4) is 0 Å². The van der Waals surface area contributed by atoms with Gasteiger partial charge in [-0.1, -0.05) is 26.0 Å². The summed E-state index contributed by atoms with van der Waals surface area (Å²) >= 11 is 0. The lowest BCUT2D eigenvalue weighted by atomic mass is 9.95. The normalized spacial score (nSPS) is 14.2. The lowest BCUT2D eigenvalue weighted by molar-refractivity contribution is 0.412. The van der Waals surface area contributed by atoms with Crippen LogP contribution in [0.25, 0.3) is 16.7 Å². The molecule has 1 aliphatic rings. The van der Waals surface area contributed by atoms with Crippen molar-refractivity contribution < 1.29 is 9.13 Å². The quantitative estimate of drug-likeness (QED) is 0.698. The first-order valence-electron chi connectivity index (χ1n) is 8.56. The van der Waals surface area contributed by atoms with Gasteiger partial charge in [-0.2, -0.15) is 0 Å². The fraction of sp³-hybridized carbons (Fsp3) is 0.381. The summed E-state index contributed by atoms with van der Waals surface area (Å²) in [5.41, 5.74) is 5.93. The first kappa shape index (κ1) is 16.7. The minimum atomic E-state index is -0.219. The molecule has 0 N–H and O–H groups in total. The van der Waals surface area contributed by atoms with E-state index in [1.54, 1.807) is 7.11 Å². The van der Waals surface area contributed by atoms with Gasteiger partial charge in [0.2, 0.25) is 0 Å². The van der Waals surface area contributed by atoms with Crippen molar-refractivity contribution in [3.63, 3.8) is 0 Å². The molecule has 3 rings (SSSR count). The molecule has 1 aromatic carbocycles. The Kier molecular flexibility index (Phi) is 4.70. The summed E-state index contributed by atoms with van der Waals surface area (Å²) < 4.78 is 19.7. The average Bonchev–Trinajstić information content (AvgIpc) is 3.09. The van der Waals surface area contributed by atoms with E-state index in [1.807, 2.05) is 26.8 Å². The van der Waals surface area contributed by atoms with E-state index in [4.69, 9.17) is 9.72 Å². The van der Waals surface area contributed by atoms with Crippen LogP contribution in [0.5, 0.6) is 5.75 Å². The molecule has 0 unspecified atom stereocenters. The van der Waals surface area contributed by atoms with Crippen molar-refractivity contribution >= 4 is 5.57 Å². The number of pyridine rings is 1. The largest absolute Gasteiger partial charge is 0.496 e. The van der Waals surface area contributed by atoms with E-state index in [1.165, 1.54) is 18.1 Å². The Morgan fingerprint density at radius 2 is 1.96 bits per heavy atom. The molecule has 1 aliphatic carbocycles. The van der Waals surface area contributed by atoms with E-state index in [0.29, 0.717) is 11.3 Å². The van der Waals surface area contributed by atoms with Gasteiger partial charge in [-0.3, -0.25) is 4.98 Å². The third kappa shape index (κ3) is 3.08. The van der Waals surface area contributed by atoms with Gasteiger partial charge in [0.1, 0.15) is 11.6 Å². The highest BCUT2D eigenvalue weighted by Gasteiger charge is 2.17. The van der Waals surface area contributed by atoms with Gasteiger partial charge in [0.15, 0.2) is 0 Å². The molecule has 126 valence electrons. The SMILES string of the molecule is COc1cc(F)c(C(C)C)cc1-c1ccc(C2=CCCC2)nc1C. The standard InChI is InChI=1S/C21H24FNO/c1-13(2)17-11-18(21(24-4)12-19(17)22)16-9-10-20(23-14(16)3)15-7-5-6-8-15/h7,9-13H,5-6,8H2,1-4H3. The number of hydrogen-bond donors (Lipinski definition) is 0. The third-order valence-corrected chi connectivity index (χ3v) is 4.69. The summed E-state index contributed by atoms with van der Waals surface area (Å²) in [5.74, 6) is 0.449. The molecule has 0 saturated heterocycles. The van der Waals surface area contributed by atoms with Crippen LogP contribution < -0.4 is 4.74 Å². The van der Waals surface area contributed by atoms with Crippen LogP contribution in [0, 0.1) is 12.7 Å². The average molecular weight is 325 g/mol. The number of halogens is 1. The zero-order valence-electron chi connectivity index (χ0n) is 14.8. The van der Waals surface area contributed by atoms with E-state index in [0.717, 1.165) is 35.4 Å². The second-order valence-corrected chi connectivity index (χ2v) is 6.68. The van der Waals surface area contributed by atoms with Crippen molar-refractivity contribution in [3.05, 3.63) is 53.1 Å². The molecule has 0 radical (unpaired) electrons. The maximum atomic E-state index is 14.2. The van der Waals surface area contributed by atoms with Gasteiger partial charge in [0.05, 0.1) is 12.8 Å². The number of methoxy groups -OCH3 is 1. The van der Waals surface area contributed by atoms with Crippen LogP contribution in [0.4, 0.5) is 4.39 Å². The van der Waals surface area contributed by atoms with E-state index in [-0.39, 0.29) is 11.7 Å². The second-order valence-electron chi connectivity index (χ2n) is 6.68. The molecule has 0 atom stereocenters. The topological polar surface area (TPSA) is 22.1 Å². The molecule has 2 aromatic rings. The predicted molar refractivity (Wildman–Crippen MR) is 96.8 cm³/mol. The number of rotatable bonds is 4. The number of aryl methyl sites for hydroxylation is 1. The van der Waals surface area contributed by atoms with Gasteiger partial charge in [0, 0.05) is 22.9 Å². The van der Waals surface area contributed by atoms with Crippen molar-refractivity contribution in [2.75, 3.05) is 7.11 Å². The lowest BCUT2D eigenvalue weighted by Gasteiger charge is -2.16. The monoisotopic (exact) mass is 325 g/mol. The predicted octanol–water partition coefficient (Wildman–Crippen LogP) is 5.90. The number of nitrogens with zero attached hydrogens (tertiary/aromatic N) is 1. The van der Waals surface area contributed by atoms with Gasteiger partial charge in [-0.05, 0) is 55.4 Å². The highest BCUT2D eigenvalue weighted by atomic mass is 19.1. The fourth-order valence-corrected chi connectivity index (χ4v) is 3.32. The Morgan fingerprint density at radius 1 is 1.17 bits per heavy atom. The van der Waals surface area contributed by atoms with E-state index in [9.17, 15) is 4.39 Å². The molecule has 0 aliphatic heterocycles. The second kappa shape index (κ2) is 6.76. The van der Waals surface area contributed by atoms with Crippen molar-refractivity contribution in [2.24, 2.45) is 0 Å². The molecule has 0 amide bonds. The summed E-state index contributed by atoms with van der Waals surface area (Å²) in [6, 6.07) is 7.53. The van der Waals surface area contributed by atoms with Gasteiger partial charge in [0.25, 0.3) is 0 Å². The van der Waals surface area contributed by atoms with Crippen molar-refractivity contribution in [1.82, 2.24) is 4.98 Å². The Balaban J connectivity index is 2.09. The number of hydrogen-bond acceptors (Lipinski definition) is 2. The van der Waals surface area contributed by atoms with E-state index >= 15 is 0 Å². The molecular weight excluding hydrogens is 301 g/mol. The van der Waals surface area contributed by atoms with E-state index in [2.05, 4.69) is 18.2 Å². The summed E-state index contributed by atoms with van der Waals surface area (Å²) in [5, 5.41) is 0. The van der Waals surface area contributed by atoms with Crippen LogP contribution in [-0.4, -0.2) is 12.1 Å². The van der Waals surface area contributed by atoms with Crippen molar-refractivity contribution in [2.45, 2.75) is 46.0 Å². The Morgan fingerprint density at radius 3 is 2.54 bits per heavy atom. The summed E-state index contributed by atoms with van der Waals surface area (Å²) in [6.07, 6.45) is 5.72. The van der Waals surface area contributed by atoms with E-state index < -0.39 is 0 Å². The molecule has 2 nitrogen and oxygen atoms in total. The van der Waals surface area contributed by atoms with Crippen LogP contribution in [0.1, 0.15) is 56.0 Å². The van der Waals surface area contributed by atoms with Crippen LogP contribution in [0.2, 0.25) is 0 Å². The zero-order valence-corrected chi connectivity index (χ0v) is 14.8. The lowest BCUT2D eigenvalue weighted by Crippen LogP contribution is -2.00. The molecule has 0 saturated carbocycles. The van der Waals surface area contributed by atoms with Crippen molar-refractivity contribution in [3.8, 4) is 16.9 Å². The van der Waals surface area contributed by atoms with Crippen LogP contribution >= 0.6 is 0 Å². The van der Waals surface area contributed by atoms with Gasteiger partial charge in [-0.15, -0.1) is 0 Å². The summed E-state index contributed by atoms with van der Waals surface area (Å²) in [7, 11) is 1.58. The van der Waals surface area contributed by atoms with Gasteiger partial charge < -0.3 is 4.74 Å². The van der Waals surface area contributed by atoms with Crippen LogP contribution in [-0.2, 0) is 0 Å². The Labute approximate surface area is 143 Å². The van der Waals surface area contributed by atoms with Gasteiger partial charge in [-0.25, -0.2) is 4.39 Å². The molecule has 0 spiro atoms. The minimum Gasteiger partial charge on any atom is -0.496 e. The molecule has 0 bridgehead atoms. The molecule has 1 heterocycles. The summed E-state index contributed by atoms with van der Waals surface area (Å²) in [4.78, 5) is 4.79. The highest BCUT2D eigenvalue weighted by molar-refractivity contribution is 5.75. The molecular formula is C21H24FNO. The fourth-order valence-electron chi connectivity index (χ4n) is 3.32. The number of benzene rings is 1. The highest BCUT2D eigenvalue weighted by Crippen LogP contribution is 2.37. The van der Waals surface area contributed by atoms with Crippen molar-refractivity contribution in [1.29, 1.82) is 0 Å². The first-order valence-corrected chi connectivity index (χ1v) is 8.56. The maximum absolute atomic E-state index is 14.2. The smallest absolute Gasteiger partial charge is 0.130 e. The molecule has 3 heteroatoms. The maximum Gasteiger partial charge on any atom is 0.130 e. The van der Waals surface area contributed by atoms with Gasteiger partial charge >= 0.3 is 0 Å². The molecule has 1 aromatic heterocycles. The van der Waals surface area contributed by atoms with Crippen LogP contribution in [0.15, 0.2) is 30.3 Å². The minimum absolute atomic E-state index is 0.117. The number of aromatic nitrogens is 1. The third-order valence-electron chi connectivity index (χ3n) is 4.69. The summed E-state index contributed by atoms with van der Waals surface area (Å²) in [6.45, 7) is 6.00. The number of allylic oxidation sites excluding steroid dienone is 2. The Hall–Kier alpha value is -2.16. The molecule has 24 heavy (non-hydrogen) atoms. The Bertz CT molecular complexity index is 793. The zero-order chi connectivity index (χ0) is 17.3. The molecule has 0 fully saturated rings. The first-order chi connectivity index (χ1) is 11.5.